The molecule has 0 spiro atoms. The van der Waals surface area contributed by atoms with Crippen molar-refractivity contribution >= 4 is 0 Å². The van der Waals surface area contributed by atoms with Crippen LogP contribution in [0.25, 0.3) is 0 Å². The molecule has 0 aromatic heterocycles. The molecule has 0 aliphatic rings. The van der Waals surface area contributed by atoms with E-state index < -0.39 is 0 Å². The summed E-state index contributed by atoms with van der Waals surface area (Å²) in [6.07, 6.45) is 29.5. The molecule has 242 valence electrons. The molecule has 4 heteroatoms. The summed E-state index contributed by atoms with van der Waals surface area (Å²) < 4.78 is 11.9. The molecule has 0 saturated heterocycles. The van der Waals surface area contributed by atoms with Crippen LogP contribution in [0, 0.1) is 0 Å². The second-order valence-electron chi connectivity index (χ2n) is 13.1. The van der Waals surface area contributed by atoms with Crippen LogP contribution in [-0.2, 0) is 9.47 Å². The molecule has 2 unspecified atom stereocenters. The third-order valence-electron chi connectivity index (χ3n) is 8.80. The molecule has 0 amide bonds. The van der Waals surface area contributed by atoms with E-state index in [2.05, 4.69) is 52.2 Å². The summed E-state index contributed by atoms with van der Waals surface area (Å²) in [5, 5.41) is 7.74. The number of hydrogen-bond acceptors (Lipinski definition) is 4. The monoisotopic (exact) mass is 569 g/mol. The second-order valence-corrected chi connectivity index (χ2v) is 13.1. The maximum atomic E-state index is 5.93. The van der Waals surface area contributed by atoms with Crippen LogP contribution in [0.4, 0.5) is 0 Å². The molecule has 0 aliphatic heterocycles. The molecule has 0 fully saturated rings. The first-order valence-corrected chi connectivity index (χ1v) is 18.1. The molecule has 0 bridgehead atoms. The summed E-state index contributed by atoms with van der Waals surface area (Å²) in [7, 11) is 0. The summed E-state index contributed by atoms with van der Waals surface area (Å²) in [6.45, 7) is 18.9. The van der Waals surface area contributed by atoms with Crippen molar-refractivity contribution in [2.75, 3.05) is 39.5 Å². The van der Waals surface area contributed by atoms with Crippen LogP contribution in [-0.4, -0.2) is 50.6 Å². The Morgan fingerprint density at radius 2 is 0.650 bits per heavy atom. The number of hydrogen-bond donors (Lipinski definition) is 2. The van der Waals surface area contributed by atoms with Crippen molar-refractivity contribution in [3.63, 3.8) is 0 Å². The molecule has 4 nitrogen and oxygen atoms in total. The second kappa shape index (κ2) is 28.9. The van der Waals surface area contributed by atoms with Gasteiger partial charge in [-0.05, 0) is 39.5 Å². The van der Waals surface area contributed by atoms with Crippen LogP contribution in [0.1, 0.15) is 183 Å². The lowest BCUT2D eigenvalue weighted by Gasteiger charge is -2.32. The molecule has 0 saturated carbocycles. The minimum Gasteiger partial charge on any atom is -0.378 e. The van der Waals surface area contributed by atoms with Gasteiger partial charge in [0.25, 0.3) is 0 Å². The maximum absolute atomic E-state index is 5.93. The average molecular weight is 569 g/mol. The lowest BCUT2D eigenvalue weighted by Crippen LogP contribution is -2.44. The molecule has 2 N–H and O–H groups in total. The quantitative estimate of drug-likeness (QED) is 0.0773. The van der Waals surface area contributed by atoms with E-state index in [1.807, 2.05) is 0 Å². The van der Waals surface area contributed by atoms with Crippen LogP contribution < -0.4 is 10.6 Å². The third-order valence-corrected chi connectivity index (χ3v) is 8.80. The van der Waals surface area contributed by atoms with Crippen molar-refractivity contribution in [3.8, 4) is 0 Å². The zero-order chi connectivity index (χ0) is 29.6. The Morgan fingerprint density at radius 1 is 0.375 bits per heavy atom. The highest BCUT2D eigenvalue weighted by Crippen LogP contribution is 2.24. The Bertz CT molecular complexity index is 459. The van der Waals surface area contributed by atoms with Crippen molar-refractivity contribution in [2.45, 2.75) is 194 Å². The van der Waals surface area contributed by atoms with Crippen molar-refractivity contribution in [2.24, 2.45) is 0 Å². The molecule has 0 rings (SSSR count). The van der Waals surface area contributed by atoms with Gasteiger partial charge in [0.1, 0.15) is 0 Å². The molecule has 0 heterocycles. The van der Waals surface area contributed by atoms with Crippen molar-refractivity contribution < 1.29 is 9.47 Å². The third kappa shape index (κ3) is 25.5. The molecule has 0 aromatic carbocycles. The SMILES string of the molecule is CCCCCCCC(C)(CCCCCC)NCCOCCOCCNC(C)(CCCCCC)CCCCCCC. The van der Waals surface area contributed by atoms with Gasteiger partial charge >= 0.3 is 0 Å². The molecule has 0 aliphatic carbocycles. The van der Waals surface area contributed by atoms with Gasteiger partial charge in [0.15, 0.2) is 0 Å². The van der Waals surface area contributed by atoms with Gasteiger partial charge in [0, 0.05) is 24.2 Å². The Labute approximate surface area is 253 Å². The van der Waals surface area contributed by atoms with Crippen LogP contribution in [0.15, 0.2) is 0 Å². The van der Waals surface area contributed by atoms with E-state index in [4.69, 9.17) is 9.47 Å². The minimum atomic E-state index is 0.255. The van der Waals surface area contributed by atoms with Gasteiger partial charge in [-0.25, -0.2) is 0 Å². The maximum Gasteiger partial charge on any atom is 0.0701 e. The highest BCUT2D eigenvalue weighted by Gasteiger charge is 2.23. The van der Waals surface area contributed by atoms with Gasteiger partial charge in [0.2, 0.25) is 0 Å². The zero-order valence-electron chi connectivity index (χ0n) is 28.6. The largest absolute Gasteiger partial charge is 0.378 e. The van der Waals surface area contributed by atoms with E-state index in [1.54, 1.807) is 0 Å². The van der Waals surface area contributed by atoms with Crippen LogP contribution in [0.5, 0.6) is 0 Å². The van der Waals surface area contributed by atoms with Crippen LogP contribution >= 0.6 is 0 Å². The highest BCUT2D eigenvalue weighted by molar-refractivity contribution is 4.84. The molecule has 0 aromatic rings. The number of ether oxygens (including phenoxy) is 2. The summed E-state index contributed by atoms with van der Waals surface area (Å²) in [6, 6.07) is 0. The number of nitrogens with one attached hydrogen (secondary N) is 2. The lowest BCUT2D eigenvalue weighted by atomic mass is 9.88. The summed E-state index contributed by atoms with van der Waals surface area (Å²) in [4.78, 5) is 0. The molecule has 0 radical (unpaired) electrons. The van der Waals surface area contributed by atoms with E-state index in [0.29, 0.717) is 13.2 Å². The van der Waals surface area contributed by atoms with E-state index in [1.165, 1.54) is 141 Å². The number of unbranched alkanes of at least 4 members (excludes halogenated alkanes) is 14. The van der Waals surface area contributed by atoms with Crippen LogP contribution in [0.3, 0.4) is 0 Å². The minimum absolute atomic E-state index is 0.255. The van der Waals surface area contributed by atoms with Crippen molar-refractivity contribution in [3.05, 3.63) is 0 Å². The van der Waals surface area contributed by atoms with E-state index in [0.717, 1.165) is 26.3 Å². The first-order chi connectivity index (χ1) is 19.4. The Balaban J connectivity index is 4.14. The topological polar surface area (TPSA) is 42.5 Å². The van der Waals surface area contributed by atoms with E-state index >= 15 is 0 Å². The van der Waals surface area contributed by atoms with Gasteiger partial charge in [-0.15, -0.1) is 0 Å². The van der Waals surface area contributed by atoms with Gasteiger partial charge in [-0.2, -0.15) is 0 Å². The first-order valence-electron chi connectivity index (χ1n) is 18.1. The van der Waals surface area contributed by atoms with Gasteiger partial charge < -0.3 is 20.1 Å². The highest BCUT2D eigenvalue weighted by atomic mass is 16.5. The fourth-order valence-corrected chi connectivity index (χ4v) is 5.90. The lowest BCUT2D eigenvalue weighted by molar-refractivity contribution is 0.0452. The summed E-state index contributed by atoms with van der Waals surface area (Å²) in [5.74, 6) is 0. The van der Waals surface area contributed by atoms with Crippen molar-refractivity contribution in [1.29, 1.82) is 0 Å². The Kier molecular flexibility index (Phi) is 28.8. The first kappa shape index (κ1) is 39.8. The van der Waals surface area contributed by atoms with Gasteiger partial charge in [-0.1, -0.05) is 143 Å². The molecule has 40 heavy (non-hydrogen) atoms. The van der Waals surface area contributed by atoms with E-state index in [-0.39, 0.29) is 11.1 Å². The van der Waals surface area contributed by atoms with Crippen molar-refractivity contribution in [1.82, 2.24) is 10.6 Å². The fraction of sp³-hybridized carbons (Fsp3) is 1.00. The standard InChI is InChI=1S/C36H76N2O2/c1-7-11-15-19-23-27-35(5,25-21-17-13-9-3)37-29-31-39-33-34-40-32-30-38-36(6,26-22-18-14-10-4)28-24-20-16-12-8-2/h37-38H,7-34H2,1-6H3. The average Bonchev–Trinajstić information content (AvgIpc) is 2.94. The Hall–Kier alpha value is -0.160. The summed E-state index contributed by atoms with van der Waals surface area (Å²) >= 11 is 0. The fourth-order valence-electron chi connectivity index (χ4n) is 5.90. The molecular weight excluding hydrogens is 492 g/mol. The van der Waals surface area contributed by atoms with Gasteiger partial charge in [-0.3, -0.25) is 0 Å². The Morgan fingerprint density at radius 3 is 0.950 bits per heavy atom. The number of rotatable bonds is 33. The van der Waals surface area contributed by atoms with Gasteiger partial charge in [0.05, 0.1) is 26.4 Å². The molecular formula is C36H76N2O2. The predicted octanol–water partition coefficient (Wildman–Crippen LogP) is 10.4. The predicted molar refractivity (Wildman–Crippen MR) is 179 cm³/mol. The summed E-state index contributed by atoms with van der Waals surface area (Å²) in [5.41, 5.74) is 0.509. The van der Waals surface area contributed by atoms with E-state index in [9.17, 15) is 0 Å². The molecule has 2 atom stereocenters. The van der Waals surface area contributed by atoms with Crippen LogP contribution in [0.2, 0.25) is 0 Å². The smallest absolute Gasteiger partial charge is 0.0701 e. The normalized spacial score (nSPS) is 14.8. The zero-order valence-corrected chi connectivity index (χ0v) is 28.6.